The van der Waals surface area contributed by atoms with Gasteiger partial charge in [-0.2, -0.15) is 5.10 Å². The number of nitrogens with zero attached hydrogens (tertiary/aromatic N) is 3. The summed E-state index contributed by atoms with van der Waals surface area (Å²) in [6, 6.07) is 6.21. The molecule has 0 radical (unpaired) electrons. The largest absolute Gasteiger partial charge is 0.444 e. The van der Waals surface area contributed by atoms with Crippen molar-refractivity contribution in [3.8, 4) is 0 Å². The number of piperidine rings is 2. The highest BCUT2D eigenvalue weighted by molar-refractivity contribution is 6.02. The first-order chi connectivity index (χ1) is 15.6. The van der Waals surface area contributed by atoms with Crippen LogP contribution in [0.3, 0.4) is 0 Å². The zero-order valence-corrected chi connectivity index (χ0v) is 19.8. The van der Waals surface area contributed by atoms with Crippen LogP contribution in [0, 0.1) is 5.92 Å². The van der Waals surface area contributed by atoms with Crippen LogP contribution in [-0.4, -0.2) is 52.9 Å². The van der Waals surface area contributed by atoms with E-state index in [0.717, 1.165) is 48.2 Å². The molecule has 3 amide bonds. The molecule has 9 nitrogen and oxygen atoms in total. The third-order valence-corrected chi connectivity index (χ3v) is 6.25. The zero-order valence-electron chi connectivity index (χ0n) is 19.8. The summed E-state index contributed by atoms with van der Waals surface area (Å²) in [6.45, 7) is 7.95. The van der Waals surface area contributed by atoms with Crippen molar-refractivity contribution in [2.24, 2.45) is 13.0 Å². The van der Waals surface area contributed by atoms with Gasteiger partial charge in [-0.1, -0.05) is 0 Å². The molecular formula is C24H33N5O4. The van der Waals surface area contributed by atoms with Gasteiger partial charge in [-0.25, -0.2) is 4.79 Å². The standard InChI is InChI=1S/C24H33N5O4/c1-24(2,3)33-23(32)25-13-15-6-5-11-29(14-15)16-7-8-17-19(12-16)28(4)27-21(17)18-9-10-20(30)26-22(18)31/h7-8,12,15,18H,5-6,9-11,13-14H2,1-4H3,(H,25,32)(H,26,30,31)/t15-,18?/m0/s1. The lowest BCUT2D eigenvalue weighted by Crippen LogP contribution is -2.42. The van der Waals surface area contributed by atoms with E-state index >= 15 is 0 Å². The lowest BCUT2D eigenvalue weighted by Gasteiger charge is -2.34. The van der Waals surface area contributed by atoms with E-state index in [2.05, 4.69) is 32.8 Å². The summed E-state index contributed by atoms with van der Waals surface area (Å²) < 4.78 is 7.16. The molecule has 0 spiro atoms. The lowest BCUT2D eigenvalue weighted by atomic mass is 9.92. The van der Waals surface area contributed by atoms with Gasteiger partial charge in [0.25, 0.3) is 0 Å². The second-order valence-corrected chi connectivity index (χ2v) is 10.1. The molecule has 1 unspecified atom stereocenters. The quantitative estimate of drug-likeness (QED) is 0.687. The topological polar surface area (TPSA) is 106 Å². The van der Waals surface area contributed by atoms with Crippen molar-refractivity contribution >= 4 is 34.5 Å². The molecule has 0 bridgehead atoms. The van der Waals surface area contributed by atoms with E-state index in [4.69, 9.17) is 4.74 Å². The van der Waals surface area contributed by atoms with E-state index in [9.17, 15) is 14.4 Å². The average Bonchev–Trinajstić information content (AvgIpc) is 3.07. The minimum atomic E-state index is -0.506. The number of anilines is 1. The van der Waals surface area contributed by atoms with Crippen molar-refractivity contribution in [2.75, 3.05) is 24.5 Å². The Labute approximate surface area is 193 Å². The fourth-order valence-electron chi connectivity index (χ4n) is 4.69. The van der Waals surface area contributed by atoms with E-state index in [-0.39, 0.29) is 17.9 Å². The monoisotopic (exact) mass is 455 g/mol. The van der Waals surface area contributed by atoms with E-state index in [1.165, 1.54) is 0 Å². The van der Waals surface area contributed by atoms with Crippen LogP contribution in [0.1, 0.15) is 58.1 Å². The predicted molar refractivity (Wildman–Crippen MR) is 125 cm³/mol. The maximum Gasteiger partial charge on any atom is 0.407 e. The predicted octanol–water partition coefficient (Wildman–Crippen LogP) is 2.83. The average molecular weight is 456 g/mol. The SMILES string of the molecule is Cn1nc(C2CCC(=O)NC2=O)c2ccc(N3CCC[C@@H](CNC(=O)OC(C)(C)C)C3)cc21. The van der Waals surface area contributed by atoms with E-state index in [1.54, 1.807) is 0 Å². The van der Waals surface area contributed by atoms with Crippen LogP contribution in [0.25, 0.3) is 10.9 Å². The van der Waals surface area contributed by atoms with Gasteiger partial charge in [0.05, 0.1) is 17.1 Å². The van der Waals surface area contributed by atoms with Gasteiger partial charge < -0.3 is 15.0 Å². The normalized spacial score (nSPS) is 21.8. The van der Waals surface area contributed by atoms with Crippen LogP contribution >= 0.6 is 0 Å². The van der Waals surface area contributed by atoms with Gasteiger partial charge in [0.15, 0.2) is 0 Å². The fourth-order valence-corrected chi connectivity index (χ4v) is 4.69. The Morgan fingerprint density at radius 3 is 2.79 bits per heavy atom. The second kappa shape index (κ2) is 9.03. The maximum atomic E-state index is 12.4. The van der Waals surface area contributed by atoms with Crippen LogP contribution in [0.5, 0.6) is 0 Å². The third kappa shape index (κ3) is 5.29. The number of hydrogen-bond acceptors (Lipinski definition) is 6. The van der Waals surface area contributed by atoms with Crippen molar-refractivity contribution in [1.82, 2.24) is 20.4 Å². The van der Waals surface area contributed by atoms with Crippen molar-refractivity contribution in [1.29, 1.82) is 0 Å². The second-order valence-electron chi connectivity index (χ2n) is 10.1. The molecule has 9 heteroatoms. The van der Waals surface area contributed by atoms with Gasteiger partial charge in [0, 0.05) is 44.2 Å². The summed E-state index contributed by atoms with van der Waals surface area (Å²) in [7, 11) is 1.88. The lowest BCUT2D eigenvalue weighted by molar-refractivity contribution is -0.134. The summed E-state index contributed by atoms with van der Waals surface area (Å²) in [5, 5.41) is 10.9. The first kappa shape index (κ1) is 23.1. The summed E-state index contributed by atoms with van der Waals surface area (Å²) in [5.41, 5.74) is 2.28. The fraction of sp³-hybridized carbons (Fsp3) is 0.583. The van der Waals surface area contributed by atoms with E-state index in [1.807, 2.05) is 38.6 Å². The molecule has 0 saturated carbocycles. The Bertz CT molecular complexity index is 1070. The van der Waals surface area contributed by atoms with Gasteiger partial charge in [-0.15, -0.1) is 0 Å². The summed E-state index contributed by atoms with van der Waals surface area (Å²) >= 11 is 0. The molecule has 4 rings (SSSR count). The first-order valence-electron chi connectivity index (χ1n) is 11.6. The molecule has 2 aliphatic heterocycles. The molecule has 0 aliphatic carbocycles. The first-order valence-corrected chi connectivity index (χ1v) is 11.6. The molecule has 2 saturated heterocycles. The highest BCUT2D eigenvalue weighted by Gasteiger charge is 2.32. The summed E-state index contributed by atoms with van der Waals surface area (Å²) in [6.07, 6.45) is 2.54. The number of hydrogen-bond donors (Lipinski definition) is 2. The molecule has 1 aromatic carbocycles. The Morgan fingerprint density at radius 2 is 2.06 bits per heavy atom. The van der Waals surface area contributed by atoms with Crippen LogP contribution in [0.4, 0.5) is 10.5 Å². The Hall–Kier alpha value is -3.10. The van der Waals surface area contributed by atoms with Crippen molar-refractivity contribution in [3.63, 3.8) is 0 Å². The highest BCUT2D eigenvalue weighted by Crippen LogP contribution is 2.33. The molecule has 1 aromatic heterocycles. The highest BCUT2D eigenvalue weighted by atomic mass is 16.6. The molecule has 33 heavy (non-hydrogen) atoms. The van der Waals surface area contributed by atoms with Gasteiger partial charge in [-0.3, -0.25) is 19.6 Å². The number of rotatable bonds is 4. The van der Waals surface area contributed by atoms with Crippen molar-refractivity contribution in [2.45, 2.75) is 58.0 Å². The van der Waals surface area contributed by atoms with Crippen LogP contribution in [0.15, 0.2) is 18.2 Å². The molecular weight excluding hydrogens is 422 g/mol. The van der Waals surface area contributed by atoms with Gasteiger partial charge >= 0.3 is 6.09 Å². The Kier molecular flexibility index (Phi) is 6.32. The number of aryl methyl sites for hydroxylation is 1. The number of imide groups is 1. The molecule has 178 valence electrons. The minimum Gasteiger partial charge on any atom is -0.444 e. The number of carbonyl (C=O) groups excluding carboxylic acids is 3. The summed E-state index contributed by atoms with van der Waals surface area (Å²) in [5.74, 6) is -0.561. The van der Waals surface area contributed by atoms with Gasteiger partial charge in [0.1, 0.15) is 5.60 Å². The molecule has 2 aromatic rings. The summed E-state index contributed by atoms with van der Waals surface area (Å²) in [4.78, 5) is 38.2. The van der Waals surface area contributed by atoms with Crippen LogP contribution in [-0.2, 0) is 21.4 Å². The smallest absolute Gasteiger partial charge is 0.407 e. The van der Waals surface area contributed by atoms with Gasteiger partial charge in [0.2, 0.25) is 11.8 Å². The van der Waals surface area contributed by atoms with E-state index in [0.29, 0.717) is 25.3 Å². The molecule has 2 aliphatic rings. The van der Waals surface area contributed by atoms with Crippen LogP contribution in [0.2, 0.25) is 0 Å². The minimum absolute atomic E-state index is 0.223. The zero-order chi connectivity index (χ0) is 23.8. The van der Waals surface area contributed by atoms with E-state index < -0.39 is 11.5 Å². The maximum absolute atomic E-state index is 12.4. The molecule has 2 N–H and O–H groups in total. The number of alkyl carbamates (subject to hydrolysis) is 1. The number of aromatic nitrogens is 2. The number of nitrogens with one attached hydrogen (secondary N) is 2. The number of amides is 3. The van der Waals surface area contributed by atoms with Gasteiger partial charge in [-0.05, 0) is 64.2 Å². The van der Waals surface area contributed by atoms with Crippen molar-refractivity contribution < 1.29 is 19.1 Å². The van der Waals surface area contributed by atoms with Crippen molar-refractivity contribution in [3.05, 3.63) is 23.9 Å². The number of carbonyl (C=O) groups is 3. The third-order valence-electron chi connectivity index (χ3n) is 6.25. The Balaban J connectivity index is 1.46. The molecule has 3 heterocycles. The molecule has 2 fully saturated rings. The van der Waals surface area contributed by atoms with Crippen LogP contribution < -0.4 is 15.5 Å². The molecule has 2 atom stereocenters. The Morgan fingerprint density at radius 1 is 1.27 bits per heavy atom. The number of ether oxygens (including phenoxy) is 1. The number of fused-ring (bicyclic) bond motifs is 1. The number of benzene rings is 1.